The fraction of sp³-hybridized carbons (Fsp3) is 0.385. The number of carbonyl (C=O) groups is 2. The van der Waals surface area contributed by atoms with E-state index < -0.39 is 29.8 Å². The number of carboxylic acid groups (broad SMARTS) is 1. The molecule has 1 aromatic rings. The van der Waals surface area contributed by atoms with Crippen LogP contribution in [0.5, 0.6) is 0 Å². The minimum atomic E-state index is -4.50. The van der Waals surface area contributed by atoms with E-state index in [2.05, 4.69) is 5.32 Å². The minimum Gasteiger partial charge on any atom is -0.480 e. The van der Waals surface area contributed by atoms with Crippen LogP contribution in [0.15, 0.2) is 24.3 Å². The number of alkyl halides is 3. The largest absolute Gasteiger partial charge is 0.480 e. The fourth-order valence-corrected chi connectivity index (χ4v) is 2.24. The van der Waals surface area contributed by atoms with E-state index >= 15 is 0 Å². The van der Waals surface area contributed by atoms with Crippen molar-refractivity contribution < 1.29 is 27.9 Å². The van der Waals surface area contributed by atoms with Gasteiger partial charge in [0.25, 0.3) is 0 Å². The Hall–Kier alpha value is -2.25. The Labute approximate surface area is 118 Å². The van der Waals surface area contributed by atoms with E-state index in [0.29, 0.717) is 12.8 Å². The lowest BCUT2D eigenvalue weighted by atomic mass is 10.2. The predicted molar refractivity (Wildman–Crippen MR) is 67.8 cm³/mol. The first-order chi connectivity index (χ1) is 9.79. The maximum absolute atomic E-state index is 12.6. The van der Waals surface area contributed by atoms with Crippen LogP contribution in [0.1, 0.15) is 18.4 Å². The number of urea groups is 1. The normalized spacial score (nSPS) is 18.6. The average molecular weight is 302 g/mol. The summed E-state index contributed by atoms with van der Waals surface area (Å²) in [5, 5.41) is 11.3. The number of nitrogens with one attached hydrogen (secondary N) is 1. The van der Waals surface area contributed by atoms with E-state index in [-0.39, 0.29) is 12.2 Å². The zero-order chi connectivity index (χ0) is 15.6. The molecule has 2 amide bonds. The van der Waals surface area contributed by atoms with E-state index in [1.54, 1.807) is 0 Å². The molecule has 0 saturated carbocycles. The first kappa shape index (κ1) is 15.1. The molecule has 1 fully saturated rings. The number of carboxylic acids is 1. The van der Waals surface area contributed by atoms with Crippen LogP contribution in [-0.2, 0) is 11.0 Å². The molecule has 5 nitrogen and oxygen atoms in total. The van der Waals surface area contributed by atoms with Gasteiger partial charge in [0, 0.05) is 12.2 Å². The quantitative estimate of drug-likeness (QED) is 0.882. The third-order valence-electron chi connectivity index (χ3n) is 3.24. The van der Waals surface area contributed by atoms with Crippen LogP contribution in [0.3, 0.4) is 0 Å². The third kappa shape index (κ3) is 3.45. The molecular weight excluding hydrogens is 289 g/mol. The molecule has 0 radical (unpaired) electrons. The Morgan fingerprint density at radius 3 is 2.67 bits per heavy atom. The van der Waals surface area contributed by atoms with Gasteiger partial charge in [-0.15, -0.1) is 0 Å². The summed E-state index contributed by atoms with van der Waals surface area (Å²) in [7, 11) is 0. The van der Waals surface area contributed by atoms with Gasteiger partial charge in [-0.3, -0.25) is 0 Å². The number of hydrogen-bond acceptors (Lipinski definition) is 2. The molecule has 1 saturated heterocycles. The zero-order valence-electron chi connectivity index (χ0n) is 10.9. The number of aliphatic carboxylic acids is 1. The maximum atomic E-state index is 12.6. The first-order valence-electron chi connectivity index (χ1n) is 6.27. The van der Waals surface area contributed by atoms with Gasteiger partial charge in [-0.05, 0) is 31.0 Å². The number of hydrogen-bond donors (Lipinski definition) is 2. The number of rotatable bonds is 2. The number of benzene rings is 1. The topological polar surface area (TPSA) is 69.6 Å². The minimum absolute atomic E-state index is 0.0223. The molecule has 0 aromatic heterocycles. The molecule has 1 aromatic carbocycles. The molecular formula is C13H13F3N2O3. The van der Waals surface area contributed by atoms with Gasteiger partial charge < -0.3 is 15.3 Å². The number of likely N-dealkylation sites (tertiary alicyclic amines) is 1. The highest BCUT2D eigenvalue weighted by Crippen LogP contribution is 2.30. The summed E-state index contributed by atoms with van der Waals surface area (Å²) in [6, 6.07) is 2.56. The van der Waals surface area contributed by atoms with Gasteiger partial charge in [0.1, 0.15) is 6.04 Å². The van der Waals surface area contributed by atoms with Crippen LogP contribution in [-0.4, -0.2) is 34.6 Å². The summed E-state index contributed by atoms with van der Waals surface area (Å²) in [6.45, 7) is 0.266. The first-order valence-corrected chi connectivity index (χ1v) is 6.27. The highest BCUT2D eigenvalue weighted by atomic mass is 19.4. The molecule has 21 heavy (non-hydrogen) atoms. The summed E-state index contributed by atoms with van der Waals surface area (Å²) in [5.74, 6) is -1.12. The van der Waals surface area contributed by atoms with Crippen LogP contribution < -0.4 is 5.32 Å². The van der Waals surface area contributed by atoms with Crippen molar-refractivity contribution >= 4 is 17.7 Å². The molecule has 2 N–H and O–H groups in total. The van der Waals surface area contributed by atoms with Crippen LogP contribution in [0, 0.1) is 0 Å². The van der Waals surface area contributed by atoms with E-state index in [4.69, 9.17) is 5.11 Å². The van der Waals surface area contributed by atoms with Crippen LogP contribution in [0.4, 0.5) is 23.7 Å². The number of nitrogens with zero attached hydrogens (tertiary/aromatic N) is 1. The van der Waals surface area contributed by atoms with E-state index in [9.17, 15) is 22.8 Å². The highest BCUT2D eigenvalue weighted by Gasteiger charge is 2.34. The Morgan fingerprint density at radius 2 is 2.05 bits per heavy atom. The lowest BCUT2D eigenvalue weighted by Crippen LogP contribution is -2.42. The van der Waals surface area contributed by atoms with Crippen molar-refractivity contribution in [3.05, 3.63) is 29.8 Å². The predicted octanol–water partition coefficient (Wildman–Crippen LogP) is 2.79. The second kappa shape index (κ2) is 5.63. The summed E-state index contributed by atoms with van der Waals surface area (Å²) in [5.41, 5.74) is -0.901. The second-order valence-electron chi connectivity index (χ2n) is 4.70. The molecule has 1 aliphatic rings. The lowest BCUT2D eigenvalue weighted by Gasteiger charge is -2.22. The third-order valence-corrected chi connectivity index (χ3v) is 3.24. The maximum Gasteiger partial charge on any atom is 0.416 e. The average Bonchev–Trinajstić information content (AvgIpc) is 2.87. The smallest absolute Gasteiger partial charge is 0.416 e. The number of halogens is 3. The van der Waals surface area contributed by atoms with Gasteiger partial charge in [0.05, 0.1) is 5.56 Å². The highest BCUT2D eigenvalue weighted by molar-refractivity contribution is 5.92. The standard InChI is InChI=1S/C13H13F3N2O3/c14-13(15,16)8-3-1-4-9(7-8)17-12(21)18-6-2-5-10(18)11(19)20/h1,3-4,7,10H,2,5-6H2,(H,17,21)(H,19,20). The van der Waals surface area contributed by atoms with E-state index in [0.717, 1.165) is 17.0 Å². The molecule has 0 spiro atoms. The van der Waals surface area contributed by atoms with E-state index in [1.807, 2.05) is 0 Å². The van der Waals surface area contributed by atoms with Gasteiger partial charge in [-0.1, -0.05) is 6.07 Å². The van der Waals surface area contributed by atoms with Crippen LogP contribution >= 0.6 is 0 Å². The molecule has 0 bridgehead atoms. The van der Waals surface area contributed by atoms with Crippen LogP contribution in [0.2, 0.25) is 0 Å². The van der Waals surface area contributed by atoms with Crippen molar-refractivity contribution in [3.8, 4) is 0 Å². The second-order valence-corrected chi connectivity index (χ2v) is 4.70. The Morgan fingerprint density at radius 1 is 1.33 bits per heavy atom. The molecule has 1 unspecified atom stereocenters. The Balaban J connectivity index is 2.11. The number of amides is 2. The Kier molecular flexibility index (Phi) is 4.06. The van der Waals surface area contributed by atoms with Crippen LogP contribution in [0.25, 0.3) is 0 Å². The lowest BCUT2D eigenvalue weighted by molar-refractivity contribution is -0.141. The van der Waals surface area contributed by atoms with Gasteiger partial charge in [0.2, 0.25) is 0 Å². The molecule has 8 heteroatoms. The van der Waals surface area contributed by atoms with Crippen molar-refractivity contribution in [2.75, 3.05) is 11.9 Å². The monoisotopic (exact) mass is 302 g/mol. The molecule has 1 aliphatic heterocycles. The van der Waals surface area contributed by atoms with Gasteiger partial charge >= 0.3 is 18.2 Å². The van der Waals surface area contributed by atoms with Crippen molar-refractivity contribution in [2.45, 2.75) is 25.1 Å². The Bertz CT molecular complexity index is 560. The summed E-state index contributed by atoms with van der Waals surface area (Å²) < 4.78 is 37.7. The molecule has 2 rings (SSSR count). The number of anilines is 1. The molecule has 0 aliphatic carbocycles. The number of carbonyl (C=O) groups excluding carboxylic acids is 1. The SMILES string of the molecule is O=C(O)C1CCCN1C(=O)Nc1cccc(C(F)(F)F)c1. The van der Waals surface area contributed by atoms with Crippen molar-refractivity contribution in [1.29, 1.82) is 0 Å². The summed E-state index contributed by atoms with van der Waals surface area (Å²) >= 11 is 0. The summed E-state index contributed by atoms with van der Waals surface area (Å²) in [6.07, 6.45) is -3.61. The van der Waals surface area contributed by atoms with Gasteiger partial charge in [-0.2, -0.15) is 13.2 Å². The van der Waals surface area contributed by atoms with Crippen molar-refractivity contribution in [3.63, 3.8) is 0 Å². The van der Waals surface area contributed by atoms with Gasteiger partial charge in [0.15, 0.2) is 0 Å². The van der Waals surface area contributed by atoms with Crippen molar-refractivity contribution in [2.24, 2.45) is 0 Å². The summed E-state index contributed by atoms with van der Waals surface area (Å²) in [4.78, 5) is 24.1. The molecule has 1 heterocycles. The van der Waals surface area contributed by atoms with Crippen molar-refractivity contribution in [1.82, 2.24) is 4.90 Å². The molecule has 1 atom stereocenters. The zero-order valence-corrected chi connectivity index (χ0v) is 10.9. The fourth-order valence-electron chi connectivity index (χ4n) is 2.24. The van der Waals surface area contributed by atoms with E-state index in [1.165, 1.54) is 12.1 Å². The van der Waals surface area contributed by atoms with Gasteiger partial charge in [-0.25, -0.2) is 9.59 Å². The molecule has 114 valence electrons.